The Kier molecular flexibility index (Phi) is 5.57. The monoisotopic (exact) mass is 307 g/mol. The second-order valence-corrected chi connectivity index (χ2v) is 5.84. The smallest absolute Gasteiger partial charge is 0.310 e. The molecule has 1 aliphatic heterocycles. The van der Waals surface area contributed by atoms with Gasteiger partial charge in [0.15, 0.2) is 0 Å². The Labute approximate surface area is 131 Å². The van der Waals surface area contributed by atoms with E-state index in [1.165, 1.54) is 0 Å². The molecule has 1 fully saturated rings. The first-order chi connectivity index (χ1) is 10.5. The first kappa shape index (κ1) is 16.5. The molecule has 1 N–H and O–H groups in total. The van der Waals surface area contributed by atoms with Gasteiger partial charge >= 0.3 is 5.97 Å². The van der Waals surface area contributed by atoms with Crippen LogP contribution in [0.2, 0.25) is 0 Å². The van der Waals surface area contributed by atoms with E-state index in [4.69, 9.17) is 4.74 Å². The molecule has 1 aliphatic rings. The zero-order valence-corrected chi connectivity index (χ0v) is 13.6. The number of hydrogen-bond acceptors (Lipinski definition) is 4. The van der Waals surface area contributed by atoms with E-state index in [0.717, 1.165) is 36.3 Å². The van der Waals surface area contributed by atoms with E-state index in [2.05, 4.69) is 10.2 Å². The molecule has 22 heavy (non-hydrogen) atoms. The van der Waals surface area contributed by atoms with Crippen LogP contribution in [0, 0.1) is 19.8 Å². The standard InChI is InChI=1S/C16H25N3O3/c1-4-22-16(21)13-6-5-9-19(10-13)15(20)8-7-14-11(2)17-18-12(14)3/h13H,4-10H2,1-3H3,(H,17,18). The first-order valence-electron chi connectivity index (χ1n) is 7.97. The number of piperidine rings is 1. The molecule has 6 nitrogen and oxygen atoms in total. The molecule has 1 aromatic rings. The van der Waals surface area contributed by atoms with Crippen molar-refractivity contribution in [3.8, 4) is 0 Å². The molecule has 6 heteroatoms. The number of hydrogen-bond donors (Lipinski definition) is 1. The average molecular weight is 307 g/mol. The van der Waals surface area contributed by atoms with E-state index >= 15 is 0 Å². The summed E-state index contributed by atoms with van der Waals surface area (Å²) in [6, 6.07) is 0. The quantitative estimate of drug-likeness (QED) is 0.841. The van der Waals surface area contributed by atoms with Crippen molar-refractivity contribution in [3.63, 3.8) is 0 Å². The van der Waals surface area contributed by atoms with Gasteiger partial charge < -0.3 is 9.64 Å². The molecule has 0 aromatic carbocycles. The molecule has 122 valence electrons. The topological polar surface area (TPSA) is 75.3 Å². The van der Waals surface area contributed by atoms with E-state index in [1.807, 2.05) is 13.8 Å². The van der Waals surface area contributed by atoms with E-state index < -0.39 is 0 Å². The van der Waals surface area contributed by atoms with E-state index in [9.17, 15) is 9.59 Å². The van der Waals surface area contributed by atoms with Gasteiger partial charge in [-0.3, -0.25) is 14.7 Å². The maximum absolute atomic E-state index is 12.4. The predicted octanol–water partition coefficient (Wildman–Crippen LogP) is 1.76. The van der Waals surface area contributed by atoms with Gasteiger partial charge in [-0.1, -0.05) is 0 Å². The number of aryl methyl sites for hydroxylation is 2. The zero-order valence-electron chi connectivity index (χ0n) is 13.6. The summed E-state index contributed by atoms with van der Waals surface area (Å²) in [4.78, 5) is 26.0. The molecule has 1 atom stereocenters. The third kappa shape index (κ3) is 3.87. The first-order valence-corrected chi connectivity index (χ1v) is 7.97. The SMILES string of the molecule is CCOC(=O)C1CCCN(C(=O)CCc2c(C)n[nH]c2C)C1. The summed E-state index contributed by atoms with van der Waals surface area (Å²) in [5.41, 5.74) is 3.09. The lowest BCUT2D eigenvalue weighted by Gasteiger charge is -2.31. The van der Waals surface area contributed by atoms with Gasteiger partial charge in [0.1, 0.15) is 0 Å². The summed E-state index contributed by atoms with van der Waals surface area (Å²) in [5.74, 6) is -0.245. The highest BCUT2D eigenvalue weighted by atomic mass is 16.5. The van der Waals surface area contributed by atoms with E-state index in [1.54, 1.807) is 11.8 Å². The van der Waals surface area contributed by atoms with Crippen LogP contribution in [0.5, 0.6) is 0 Å². The summed E-state index contributed by atoms with van der Waals surface area (Å²) in [5, 5.41) is 7.09. The molecule has 2 heterocycles. The minimum Gasteiger partial charge on any atom is -0.466 e. The molecular weight excluding hydrogens is 282 g/mol. The molecule has 1 saturated heterocycles. The lowest BCUT2D eigenvalue weighted by Crippen LogP contribution is -2.42. The molecule has 0 radical (unpaired) electrons. The largest absolute Gasteiger partial charge is 0.466 e. The highest BCUT2D eigenvalue weighted by Crippen LogP contribution is 2.20. The molecule has 0 spiro atoms. The van der Waals surface area contributed by atoms with Crippen LogP contribution in [0.4, 0.5) is 0 Å². The van der Waals surface area contributed by atoms with Crippen molar-refractivity contribution >= 4 is 11.9 Å². The number of nitrogens with one attached hydrogen (secondary N) is 1. The van der Waals surface area contributed by atoms with Crippen molar-refractivity contribution in [2.75, 3.05) is 19.7 Å². The molecule has 1 aromatic heterocycles. The predicted molar refractivity (Wildman–Crippen MR) is 82.3 cm³/mol. The van der Waals surface area contributed by atoms with Gasteiger partial charge in [-0.15, -0.1) is 0 Å². The maximum Gasteiger partial charge on any atom is 0.310 e. The summed E-state index contributed by atoms with van der Waals surface area (Å²) < 4.78 is 5.07. The number of esters is 1. The lowest BCUT2D eigenvalue weighted by molar-refractivity contribution is -0.151. The van der Waals surface area contributed by atoms with Crippen molar-refractivity contribution in [2.45, 2.75) is 46.5 Å². The van der Waals surface area contributed by atoms with Crippen molar-refractivity contribution in [1.29, 1.82) is 0 Å². The Bertz CT molecular complexity index is 519. The Morgan fingerprint density at radius 1 is 1.41 bits per heavy atom. The van der Waals surface area contributed by atoms with Crippen LogP contribution in [-0.4, -0.2) is 46.7 Å². The molecule has 2 rings (SSSR count). The lowest BCUT2D eigenvalue weighted by atomic mass is 9.97. The molecule has 1 amide bonds. The second-order valence-electron chi connectivity index (χ2n) is 5.84. The van der Waals surface area contributed by atoms with E-state index in [0.29, 0.717) is 26.0 Å². The number of amides is 1. The van der Waals surface area contributed by atoms with Crippen LogP contribution in [0.15, 0.2) is 0 Å². The van der Waals surface area contributed by atoms with Crippen molar-refractivity contribution in [3.05, 3.63) is 17.0 Å². The minimum absolute atomic E-state index is 0.106. The molecule has 0 saturated carbocycles. The second kappa shape index (κ2) is 7.42. The molecular formula is C16H25N3O3. The highest BCUT2D eigenvalue weighted by molar-refractivity contribution is 5.78. The Balaban J connectivity index is 1.88. The summed E-state index contributed by atoms with van der Waals surface area (Å²) in [6.07, 6.45) is 2.81. The summed E-state index contributed by atoms with van der Waals surface area (Å²) in [7, 11) is 0. The average Bonchev–Trinajstić information content (AvgIpc) is 2.84. The normalized spacial score (nSPS) is 18.3. The van der Waals surface area contributed by atoms with E-state index in [-0.39, 0.29) is 17.8 Å². The van der Waals surface area contributed by atoms with Crippen LogP contribution in [0.25, 0.3) is 0 Å². The minimum atomic E-state index is -0.179. The van der Waals surface area contributed by atoms with Gasteiger partial charge in [0.2, 0.25) is 5.91 Å². The Morgan fingerprint density at radius 2 is 2.18 bits per heavy atom. The van der Waals surface area contributed by atoms with Gasteiger partial charge in [-0.2, -0.15) is 5.10 Å². The third-order valence-corrected chi connectivity index (χ3v) is 4.26. The number of carbonyl (C=O) groups excluding carboxylic acids is 2. The molecule has 0 bridgehead atoms. The number of nitrogens with zero attached hydrogens (tertiary/aromatic N) is 2. The number of H-pyrrole nitrogens is 1. The highest BCUT2D eigenvalue weighted by Gasteiger charge is 2.29. The van der Waals surface area contributed by atoms with Crippen LogP contribution in [0.3, 0.4) is 0 Å². The van der Waals surface area contributed by atoms with Gasteiger partial charge in [0.05, 0.1) is 18.2 Å². The van der Waals surface area contributed by atoms with Crippen LogP contribution < -0.4 is 0 Å². The fourth-order valence-corrected chi connectivity index (χ4v) is 2.99. The fourth-order valence-electron chi connectivity index (χ4n) is 2.99. The van der Waals surface area contributed by atoms with Crippen molar-refractivity contribution in [1.82, 2.24) is 15.1 Å². The number of ether oxygens (including phenoxy) is 1. The number of likely N-dealkylation sites (tertiary alicyclic amines) is 1. The number of carbonyl (C=O) groups is 2. The van der Waals surface area contributed by atoms with Crippen LogP contribution in [0.1, 0.15) is 43.1 Å². The summed E-state index contributed by atoms with van der Waals surface area (Å²) >= 11 is 0. The number of aromatic amines is 1. The van der Waals surface area contributed by atoms with Gasteiger partial charge in [0.25, 0.3) is 0 Å². The molecule has 0 aliphatic carbocycles. The molecule has 1 unspecified atom stereocenters. The van der Waals surface area contributed by atoms with Crippen LogP contribution in [-0.2, 0) is 20.7 Å². The number of aromatic nitrogens is 2. The van der Waals surface area contributed by atoms with Crippen molar-refractivity contribution in [2.24, 2.45) is 5.92 Å². The fraction of sp³-hybridized carbons (Fsp3) is 0.688. The Morgan fingerprint density at radius 3 is 2.82 bits per heavy atom. The van der Waals surface area contributed by atoms with Gasteiger partial charge in [-0.05, 0) is 45.6 Å². The maximum atomic E-state index is 12.4. The zero-order chi connectivity index (χ0) is 16.1. The third-order valence-electron chi connectivity index (χ3n) is 4.26. The Hall–Kier alpha value is -1.85. The van der Waals surface area contributed by atoms with Gasteiger partial charge in [0, 0.05) is 25.2 Å². The van der Waals surface area contributed by atoms with Crippen molar-refractivity contribution < 1.29 is 14.3 Å². The van der Waals surface area contributed by atoms with Gasteiger partial charge in [-0.25, -0.2) is 0 Å². The number of rotatable bonds is 5. The summed E-state index contributed by atoms with van der Waals surface area (Å²) in [6.45, 7) is 7.33. The van der Waals surface area contributed by atoms with Crippen LogP contribution >= 0.6 is 0 Å².